The smallest absolute Gasteiger partial charge is 0.150 e. The van der Waals surface area contributed by atoms with Gasteiger partial charge in [0.15, 0.2) is 0 Å². The molecule has 0 saturated heterocycles. The van der Waals surface area contributed by atoms with E-state index < -0.39 is 9.84 Å². The van der Waals surface area contributed by atoms with E-state index in [9.17, 15) is 13.5 Å². The summed E-state index contributed by atoms with van der Waals surface area (Å²) in [7, 11) is -2.93. The summed E-state index contributed by atoms with van der Waals surface area (Å²) in [5.74, 6) is 0.768. The highest BCUT2D eigenvalue weighted by molar-refractivity contribution is 7.91. The molecule has 1 saturated carbocycles. The molecule has 0 heterocycles. The maximum atomic E-state index is 11.4. The maximum absolute atomic E-state index is 11.4. The van der Waals surface area contributed by atoms with Crippen LogP contribution in [0.4, 0.5) is 0 Å². The molecule has 1 N–H and O–H groups in total. The van der Waals surface area contributed by atoms with Gasteiger partial charge in [0.05, 0.1) is 5.75 Å². The Kier molecular flexibility index (Phi) is 4.38. The Morgan fingerprint density at radius 2 is 1.93 bits per heavy atom. The molecule has 3 nitrogen and oxygen atoms in total. The molecule has 0 aromatic rings. The normalized spacial score (nSPS) is 21.3. The van der Waals surface area contributed by atoms with Gasteiger partial charge >= 0.3 is 0 Å². The number of aliphatic hydroxyl groups excluding tert-OH is 1. The Labute approximate surface area is 86.4 Å². The summed E-state index contributed by atoms with van der Waals surface area (Å²) >= 11 is 0. The third-order valence-electron chi connectivity index (χ3n) is 3.21. The minimum Gasteiger partial charge on any atom is -0.396 e. The van der Waals surface area contributed by atoms with Crippen LogP contribution < -0.4 is 0 Å². The SMILES string of the molecule is CCS(=O)(=O)C[C@H](CO)C1CCCC1. The molecule has 1 atom stereocenters. The molecule has 4 heteroatoms. The van der Waals surface area contributed by atoms with E-state index in [1.165, 1.54) is 12.8 Å². The number of hydrogen-bond acceptors (Lipinski definition) is 3. The molecule has 1 fully saturated rings. The fourth-order valence-electron chi connectivity index (χ4n) is 2.21. The summed E-state index contributed by atoms with van der Waals surface area (Å²) in [6.45, 7) is 1.68. The zero-order chi connectivity index (χ0) is 10.6. The lowest BCUT2D eigenvalue weighted by Crippen LogP contribution is -2.26. The molecular weight excluding hydrogens is 200 g/mol. The van der Waals surface area contributed by atoms with Crippen LogP contribution in [0, 0.1) is 11.8 Å². The van der Waals surface area contributed by atoms with Crippen molar-refractivity contribution in [1.82, 2.24) is 0 Å². The molecular formula is C10H20O3S. The summed E-state index contributed by atoms with van der Waals surface area (Å²) < 4.78 is 22.8. The van der Waals surface area contributed by atoms with Crippen LogP contribution >= 0.6 is 0 Å². The minimum atomic E-state index is -2.93. The van der Waals surface area contributed by atoms with Crippen molar-refractivity contribution < 1.29 is 13.5 Å². The Bertz CT molecular complexity index is 253. The van der Waals surface area contributed by atoms with E-state index in [2.05, 4.69) is 0 Å². The molecule has 0 aromatic heterocycles. The standard InChI is InChI=1S/C10H20O3S/c1-2-14(12,13)8-10(7-11)9-5-3-4-6-9/h9-11H,2-8H2,1H3/t10-/m0/s1. The summed E-state index contributed by atoms with van der Waals surface area (Å²) in [5.41, 5.74) is 0. The quantitative estimate of drug-likeness (QED) is 0.758. The summed E-state index contributed by atoms with van der Waals surface area (Å²) in [6, 6.07) is 0. The molecule has 0 aromatic carbocycles. The fourth-order valence-corrected chi connectivity index (χ4v) is 3.48. The second kappa shape index (κ2) is 5.12. The highest BCUT2D eigenvalue weighted by Gasteiger charge is 2.27. The largest absolute Gasteiger partial charge is 0.396 e. The fraction of sp³-hybridized carbons (Fsp3) is 1.00. The predicted octanol–water partition coefficient (Wildman–Crippen LogP) is 1.22. The van der Waals surface area contributed by atoms with Gasteiger partial charge in [-0.1, -0.05) is 32.6 Å². The predicted molar refractivity (Wildman–Crippen MR) is 56.9 cm³/mol. The molecule has 0 spiro atoms. The van der Waals surface area contributed by atoms with Gasteiger partial charge < -0.3 is 5.11 Å². The van der Waals surface area contributed by atoms with Crippen LogP contribution in [0.5, 0.6) is 0 Å². The first-order valence-electron chi connectivity index (χ1n) is 5.40. The van der Waals surface area contributed by atoms with Gasteiger partial charge in [-0.15, -0.1) is 0 Å². The Morgan fingerprint density at radius 3 is 2.36 bits per heavy atom. The lowest BCUT2D eigenvalue weighted by atomic mass is 9.93. The molecule has 0 bridgehead atoms. The molecule has 84 valence electrons. The molecule has 1 aliphatic rings. The van der Waals surface area contributed by atoms with Crippen molar-refractivity contribution in [2.24, 2.45) is 11.8 Å². The Balaban J connectivity index is 2.54. The Morgan fingerprint density at radius 1 is 1.36 bits per heavy atom. The monoisotopic (exact) mass is 220 g/mol. The van der Waals surface area contributed by atoms with Crippen LogP contribution in [0.3, 0.4) is 0 Å². The van der Waals surface area contributed by atoms with E-state index in [1.54, 1.807) is 6.92 Å². The molecule has 0 radical (unpaired) electrons. The zero-order valence-corrected chi connectivity index (χ0v) is 9.59. The van der Waals surface area contributed by atoms with E-state index in [0.29, 0.717) is 5.92 Å². The van der Waals surface area contributed by atoms with Gasteiger partial charge in [-0.05, 0) is 11.8 Å². The zero-order valence-electron chi connectivity index (χ0n) is 8.78. The average Bonchev–Trinajstić information content (AvgIpc) is 2.67. The molecule has 0 unspecified atom stereocenters. The van der Waals surface area contributed by atoms with Crippen LogP contribution in [0.15, 0.2) is 0 Å². The van der Waals surface area contributed by atoms with Crippen LogP contribution in [0.25, 0.3) is 0 Å². The van der Waals surface area contributed by atoms with E-state index >= 15 is 0 Å². The van der Waals surface area contributed by atoms with Crippen molar-refractivity contribution in [3.63, 3.8) is 0 Å². The minimum absolute atomic E-state index is 0.0178. The second-order valence-corrected chi connectivity index (χ2v) is 6.58. The van der Waals surface area contributed by atoms with Crippen LogP contribution in [0.2, 0.25) is 0 Å². The first kappa shape index (κ1) is 12.0. The van der Waals surface area contributed by atoms with Crippen LogP contribution in [-0.4, -0.2) is 31.6 Å². The van der Waals surface area contributed by atoms with Crippen molar-refractivity contribution in [1.29, 1.82) is 0 Å². The number of rotatable bonds is 5. The summed E-state index contributed by atoms with van der Waals surface area (Å²) in [6.07, 6.45) is 4.55. The third-order valence-corrected chi connectivity index (χ3v) is 5.02. The molecule has 0 amide bonds. The van der Waals surface area contributed by atoms with Crippen molar-refractivity contribution >= 4 is 9.84 Å². The van der Waals surface area contributed by atoms with Gasteiger partial charge in [-0.3, -0.25) is 0 Å². The van der Waals surface area contributed by atoms with Crippen LogP contribution in [-0.2, 0) is 9.84 Å². The maximum Gasteiger partial charge on any atom is 0.150 e. The molecule has 1 aliphatic carbocycles. The summed E-state index contributed by atoms with van der Waals surface area (Å²) in [5, 5.41) is 9.18. The lowest BCUT2D eigenvalue weighted by molar-refractivity contribution is 0.191. The van der Waals surface area contributed by atoms with E-state index in [1.807, 2.05) is 0 Å². The van der Waals surface area contributed by atoms with Gasteiger partial charge in [-0.25, -0.2) is 8.42 Å². The van der Waals surface area contributed by atoms with Gasteiger partial charge in [0.1, 0.15) is 9.84 Å². The van der Waals surface area contributed by atoms with Crippen molar-refractivity contribution in [3.05, 3.63) is 0 Å². The van der Waals surface area contributed by atoms with Gasteiger partial charge in [-0.2, -0.15) is 0 Å². The van der Waals surface area contributed by atoms with E-state index in [-0.39, 0.29) is 24.0 Å². The second-order valence-electron chi connectivity index (χ2n) is 4.19. The van der Waals surface area contributed by atoms with Crippen molar-refractivity contribution in [2.75, 3.05) is 18.1 Å². The van der Waals surface area contributed by atoms with Gasteiger partial charge in [0, 0.05) is 12.4 Å². The lowest BCUT2D eigenvalue weighted by Gasteiger charge is -2.20. The van der Waals surface area contributed by atoms with Crippen LogP contribution in [0.1, 0.15) is 32.6 Å². The van der Waals surface area contributed by atoms with Crippen molar-refractivity contribution in [3.8, 4) is 0 Å². The first-order chi connectivity index (χ1) is 6.59. The highest BCUT2D eigenvalue weighted by atomic mass is 32.2. The third kappa shape index (κ3) is 3.24. The average molecular weight is 220 g/mol. The van der Waals surface area contributed by atoms with E-state index in [4.69, 9.17) is 0 Å². The number of aliphatic hydroxyl groups is 1. The topological polar surface area (TPSA) is 54.4 Å². The Hall–Kier alpha value is -0.0900. The molecule has 1 rings (SSSR count). The summed E-state index contributed by atoms with van der Waals surface area (Å²) in [4.78, 5) is 0. The number of sulfone groups is 1. The first-order valence-corrected chi connectivity index (χ1v) is 7.22. The highest BCUT2D eigenvalue weighted by Crippen LogP contribution is 2.31. The van der Waals surface area contributed by atoms with E-state index in [0.717, 1.165) is 12.8 Å². The van der Waals surface area contributed by atoms with Gasteiger partial charge in [0.2, 0.25) is 0 Å². The molecule has 0 aliphatic heterocycles. The number of hydrogen-bond donors (Lipinski definition) is 1. The molecule has 14 heavy (non-hydrogen) atoms. The van der Waals surface area contributed by atoms with Crippen molar-refractivity contribution in [2.45, 2.75) is 32.6 Å². The van der Waals surface area contributed by atoms with Gasteiger partial charge in [0.25, 0.3) is 0 Å².